The van der Waals surface area contributed by atoms with Crippen LogP contribution in [-0.2, 0) is 0 Å². The molecule has 0 aromatic heterocycles. The molecule has 0 fully saturated rings. The first-order valence-electron chi connectivity index (χ1n) is 5.67. The molecule has 2 aromatic carbocycles. The third-order valence-electron chi connectivity index (χ3n) is 2.85. The van der Waals surface area contributed by atoms with Gasteiger partial charge in [-0.2, -0.15) is 0 Å². The molecule has 0 aliphatic heterocycles. The highest BCUT2D eigenvalue weighted by Gasteiger charge is 2.09. The number of hydrogen-bond donors (Lipinski definition) is 2. The molecule has 0 saturated heterocycles. The van der Waals surface area contributed by atoms with Crippen molar-refractivity contribution in [3.63, 3.8) is 0 Å². The summed E-state index contributed by atoms with van der Waals surface area (Å²) in [6, 6.07) is 6.70. The number of anilines is 3. The highest BCUT2D eigenvalue weighted by atomic mass is 79.9. The first-order chi connectivity index (χ1) is 8.88. The topological polar surface area (TPSA) is 38.0 Å². The Balaban J connectivity index is 2.42. The van der Waals surface area contributed by atoms with E-state index in [1.165, 1.54) is 6.07 Å². The maximum Gasteiger partial charge on any atom is 0.128 e. The molecule has 0 atom stereocenters. The summed E-state index contributed by atoms with van der Waals surface area (Å²) in [4.78, 5) is 0. The molecule has 0 aliphatic carbocycles. The van der Waals surface area contributed by atoms with Crippen molar-refractivity contribution < 1.29 is 4.39 Å². The second kappa shape index (κ2) is 5.39. The van der Waals surface area contributed by atoms with Crippen LogP contribution in [0.1, 0.15) is 11.1 Å². The van der Waals surface area contributed by atoms with Crippen LogP contribution in [0.5, 0.6) is 0 Å². The van der Waals surface area contributed by atoms with Crippen LogP contribution < -0.4 is 11.1 Å². The fraction of sp³-hybridized carbons (Fsp3) is 0.143. The van der Waals surface area contributed by atoms with Gasteiger partial charge >= 0.3 is 0 Å². The molecule has 100 valence electrons. The van der Waals surface area contributed by atoms with Crippen LogP contribution in [0.25, 0.3) is 0 Å². The molecule has 0 aliphatic rings. The van der Waals surface area contributed by atoms with Crippen LogP contribution in [0.4, 0.5) is 21.5 Å². The number of nitrogen functional groups attached to an aromatic ring is 1. The van der Waals surface area contributed by atoms with Crippen molar-refractivity contribution in [3.8, 4) is 0 Å². The van der Waals surface area contributed by atoms with Crippen molar-refractivity contribution in [2.75, 3.05) is 11.1 Å². The van der Waals surface area contributed by atoms with Crippen LogP contribution in [0.15, 0.2) is 28.7 Å². The summed E-state index contributed by atoms with van der Waals surface area (Å²) in [5.41, 5.74) is 9.10. The first kappa shape index (κ1) is 14.2. The molecule has 2 rings (SSSR count). The van der Waals surface area contributed by atoms with Crippen molar-refractivity contribution >= 4 is 44.6 Å². The molecule has 0 bridgehead atoms. The van der Waals surface area contributed by atoms with Gasteiger partial charge in [0, 0.05) is 9.50 Å². The standard InChI is InChI=1S/C14H13BrClFN2/c1-7-3-9(15)13(5-10(7)16)19-14-4-8(2)11(17)6-12(14)18/h3-6,19H,18H2,1-2H3. The predicted molar refractivity (Wildman–Crippen MR) is 82.7 cm³/mol. The van der Waals surface area contributed by atoms with Crippen molar-refractivity contribution in [3.05, 3.63) is 50.7 Å². The van der Waals surface area contributed by atoms with E-state index in [9.17, 15) is 4.39 Å². The Kier molecular flexibility index (Phi) is 4.02. The summed E-state index contributed by atoms with van der Waals surface area (Å²) in [5, 5.41) is 3.81. The van der Waals surface area contributed by atoms with Gasteiger partial charge in [-0.3, -0.25) is 0 Å². The molecule has 5 heteroatoms. The highest BCUT2D eigenvalue weighted by molar-refractivity contribution is 9.10. The second-order valence-corrected chi connectivity index (χ2v) is 5.66. The van der Waals surface area contributed by atoms with Gasteiger partial charge in [-0.15, -0.1) is 0 Å². The van der Waals surface area contributed by atoms with Crippen molar-refractivity contribution in [2.24, 2.45) is 0 Å². The lowest BCUT2D eigenvalue weighted by Gasteiger charge is -2.13. The van der Waals surface area contributed by atoms with Crippen LogP contribution in [0, 0.1) is 19.7 Å². The summed E-state index contributed by atoms with van der Waals surface area (Å²) in [6.45, 7) is 3.62. The first-order valence-corrected chi connectivity index (χ1v) is 6.84. The Morgan fingerprint density at radius 2 is 1.79 bits per heavy atom. The zero-order chi connectivity index (χ0) is 14.2. The number of benzene rings is 2. The largest absolute Gasteiger partial charge is 0.397 e. The SMILES string of the molecule is Cc1cc(Nc2cc(Cl)c(C)cc2Br)c(N)cc1F. The number of nitrogens with one attached hydrogen (secondary N) is 1. The number of aryl methyl sites for hydroxylation is 2. The zero-order valence-corrected chi connectivity index (χ0v) is 12.9. The molecule has 19 heavy (non-hydrogen) atoms. The number of halogens is 3. The van der Waals surface area contributed by atoms with E-state index in [1.807, 2.05) is 13.0 Å². The van der Waals surface area contributed by atoms with E-state index in [2.05, 4.69) is 21.2 Å². The molecule has 2 aromatic rings. The average Bonchev–Trinajstić information content (AvgIpc) is 2.32. The third-order valence-corrected chi connectivity index (χ3v) is 3.91. The van der Waals surface area contributed by atoms with Gasteiger partial charge in [0.15, 0.2) is 0 Å². The van der Waals surface area contributed by atoms with E-state index >= 15 is 0 Å². The summed E-state index contributed by atoms with van der Waals surface area (Å²) < 4.78 is 14.2. The lowest BCUT2D eigenvalue weighted by Crippen LogP contribution is -1.99. The average molecular weight is 344 g/mol. The molecule has 3 N–H and O–H groups in total. The van der Waals surface area contributed by atoms with Gasteiger partial charge in [0.25, 0.3) is 0 Å². The van der Waals surface area contributed by atoms with Gasteiger partial charge in [-0.05, 0) is 65.2 Å². The fourth-order valence-electron chi connectivity index (χ4n) is 1.69. The Morgan fingerprint density at radius 1 is 1.11 bits per heavy atom. The van der Waals surface area contributed by atoms with Gasteiger partial charge in [0.2, 0.25) is 0 Å². The van der Waals surface area contributed by atoms with Crippen LogP contribution in [-0.4, -0.2) is 0 Å². The minimum Gasteiger partial charge on any atom is -0.397 e. The number of nitrogens with two attached hydrogens (primary N) is 1. The molecule has 0 amide bonds. The number of rotatable bonds is 2. The minimum atomic E-state index is -0.316. The van der Waals surface area contributed by atoms with Gasteiger partial charge in [-0.25, -0.2) is 4.39 Å². The summed E-state index contributed by atoms with van der Waals surface area (Å²) in [6.07, 6.45) is 0. The van der Waals surface area contributed by atoms with E-state index in [4.69, 9.17) is 17.3 Å². The molecule has 0 radical (unpaired) electrons. The number of hydrogen-bond acceptors (Lipinski definition) is 2. The lowest BCUT2D eigenvalue weighted by atomic mass is 10.1. The Bertz CT molecular complexity index is 588. The Labute approximate surface area is 124 Å². The molecule has 0 unspecified atom stereocenters. The van der Waals surface area contributed by atoms with Gasteiger partial charge in [0.1, 0.15) is 5.82 Å². The van der Waals surface area contributed by atoms with Gasteiger partial charge in [-0.1, -0.05) is 11.6 Å². The quantitative estimate of drug-likeness (QED) is 0.737. The summed E-state index contributed by atoms with van der Waals surface area (Å²) in [5.74, 6) is -0.316. The van der Waals surface area contributed by atoms with E-state index in [0.29, 0.717) is 22.0 Å². The van der Waals surface area contributed by atoms with Crippen LogP contribution in [0.2, 0.25) is 5.02 Å². The normalized spacial score (nSPS) is 10.6. The maximum atomic E-state index is 13.4. The van der Waals surface area contributed by atoms with Crippen LogP contribution >= 0.6 is 27.5 Å². The lowest BCUT2D eigenvalue weighted by molar-refractivity contribution is 0.619. The van der Waals surface area contributed by atoms with E-state index in [-0.39, 0.29) is 5.82 Å². The van der Waals surface area contributed by atoms with E-state index in [1.54, 1.807) is 19.1 Å². The van der Waals surface area contributed by atoms with Crippen LogP contribution in [0.3, 0.4) is 0 Å². The Morgan fingerprint density at radius 3 is 2.47 bits per heavy atom. The maximum absolute atomic E-state index is 13.4. The van der Waals surface area contributed by atoms with Crippen molar-refractivity contribution in [2.45, 2.75) is 13.8 Å². The van der Waals surface area contributed by atoms with Crippen molar-refractivity contribution in [1.82, 2.24) is 0 Å². The van der Waals surface area contributed by atoms with E-state index < -0.39 is 0 Å². The molecule has 0 spiro atoms. The van der Waals surface area contributed by atoms with Gasteiger partial charge in [0.05, 0.1) is 17.1 Å². The van der Waals surface area contributed by atoms with E-state index in [0.717, 1.165) is 15.7 Å². The Hall–Kier alpha value is -1.26. The smallest absolute Gasteiger partial charge is 0.128 e. The molecular formula is C14H13BrClFN2. The highest BCUT2D eigenvalue weighted by Crippen LogP contribution is 2.33. The predicted octanol–water partition coefficient (Wildman–Crippen LogP) is 5.18. The fourth-order valence-corrected chi connectivity index (χ4v) is 2.41. The minimum absolute atomic E-state index is 0.316. The monoisotopic (exact) mass is 342 g/mol. The second-order valence-electron chi connectivity index (χ2n) is 4.39. The summed E-state index contributed by atoms with van der Waals surface area (Å²) in [7, 11) is 0. The summed E-state index contributed by atoms with van der Waals surface area (Å²) >= 11 is 9.56. The van der Waals surface area contributed by atoms with Gasteiger partial charge < -0.3 is 11.1 Å². The third kappa shape index (κ3) is 3.01. The molecule has 0 heterocycles. The molecule has 2 nitrogen and oxygen atoms in total. The molecule has 0 saturated carbocycles. The zero-order valence-electron chi connectivity index (χ0n) is 10.5. The molecular weight excluding hydrogens is 331 g/mol. The van der Waals surface area contributed by atoms with Crippen molar-refractivity contribution in [1.29, 1.82) is 0 Å².